The quantitative estimate of drug-likeness (QED) is 0.412. The zero-order valence-electron chi connectivity index (χ0n) is 15.4. The van der Waals surface area contributed by atoms with E-state index in [1.165, 1.54) is 0 Å². The van der Waals surface area contributed by atoms with Gasteiger partial charge in [0.15, 0.2) is 6.61 Å². The molecular weight excluding hydrogens is 364 g/mol. The van der Waals surface area contributed by atoms with Crippen LogP contribution >= 0.6 is 0 Å². The second kappa shape index (κ2) is 7.83. The zero-order chi connectivity index (χ0) is 20.2. The van der Waals surface area contributed by atoms with Crippen LogP contribution in [0.1, 0.15) is 15.9 Å². The molecule has 0 saturated carbocycles. The van der Waals surface area contributed by atoms with Gasteiger partial charge in [-0.25, -0.2) is 4.79 Å². The molecule has 5 heteroatoms. The maximum absolute atomic E-state index is 12.9. The normalized spacial score (nSPS) is 10.4. The van der Waals surface area contributed by atoms with Crippen molar-refractivity contribution in [1.29, 1.82) is 5.26 Å². The number of carbonyl (C=O) groups excluding carboxylic acids is 2. The fourth-order valence-electron chi connectivity index (χ4n) is 3.31. The van der Waals surface area contributed by atoms with E-state index in [-0.39, 0.29) is 0 Å². The van der Waals surface area contributed by atoms with Gasteiger partial charge in [0.1, 0.15) is 6.07 Å². The van der Waals surface area contributed by atoms with Gasteiger partial charge >= 0.3 is 5.97 Å². The Balaban J connectivity index is 1.59. The summed E-state index contributed by atoms with van der Waals surface area (Å²) in [6.45, 7) is -0.448. The predicted octanol–water partition coefficient (Wildman–Crippen LogP) is 4.66. The van der Waals surface area contributed by atoms with E-state index in [0.29, 0.717) is 16.8 Å². The molecule has 0 atom stereocenters. The molecule has 140 valence electrons. The SMILES string of the molecule is N#Cc1ccccc1NC(=O)COC(=O)c1c2ccccc2cc2ccccc12. The number of fused-ring (bicyclic) bond motifs is 2. The van der Waals surface area contributed by atoms with Crippen molar-refractivity contribution in [3.63, 3.8) is 0 Å². The van der Waals surface area contributed by atoms with Crippen LogP contribution in [-0.2, 0) is 9.53 Å². The van der Waals surface area contributed by atoms with E-state index in [1.807, 2.05) is 60.7 Å². The summed E-state index contributed by atoms with van der Waals surface area (Å²) in [4.78, 5) is 25.1. The van der Waals surface area contributed by atoms with Crippen molar-refractivity contribution < 1.29 is 14.3 Å². The van der Waals surface area contributed by atoms with Gasteiger partial charge in [-0.15, -0.1) is 0 Å². The lowest BCUT2D eigenvalue weighted by molar-refractivity contribution is -0.119. The Morgan fingerprint density at radius 2 is 1.45 bits per heavy atom. The van der Waals surface area contributed by atoms with Crippen LogP contribution in [0.5, 0.6) is 0 Å². The molecule has 0 bridgehead atoms. The number of amides is 1. The minimum Gasteiger partial charge on any atom is -0.452 e. The molecule has 1 N–H and O–H groups in total. The van der Waals surface area contributed by atoms with Crippen LogP contribution in [0, 0.1) is 11.3 Å². The number of nitrogens with zero attached hydrogens (tertiary/aromatic N) is 1. The van der Waals surface area contributed by atoms with E-state index < -0.39 is 18.5 Å². The summed E-state index contributed by atoms with van der Waals surface area (Å²) in [5.41, 5.74) is 1.16. The molecule has 4 rings (SSSR count). The van der Waals surface area contributed by atoms with E-state index in [9.17, 15) is 9.59 Å². The Morgan fingerprint density at radius 1 is 0.862 bits per heavy atom. The molecule has 29 heavy (non-hydrogen) atoms. The first-order valence-corrected chi connectivity index (χ1v) is 9.04. The molecule has 0 aliphatic heterocycles. The van der Waals surface area contributed by atoms with Crippen molar-refractivity contribution in [3.8, 4) is 6.07 Å². The lowest BCUT2D eigenvalue weighted by Crippen LogP contribution is -2.21. The summed E-state index contributed by atoms with van der Waals surface area (Å²) in [5, 5.41) is 15.1. The maximum atomic E-state index is 12.9. The van der Waals surface area contributed by atoms with Crippen LogP contribution in [0.2, 0.25) is 0 Å². The highest BCUT2D eigenvalue weighted by atomic mass is 16.5. The van der Waals surface area contributed by atoms with Crippen LogP contribution in [0.3, 0.4) is 0 Å². The van der Waals surface area contributed by atoms with Gasteiger partial charge in [-0.05, 0) is 39.7 Å². The van der Waals surface area contributed by atoms with Crippen molar-refractivity contribution in [2.24, 2.45) is 0 Å². The first kappa shape index (κ1) is 18.2. The summed E-state index contributed by atoms with van der Waals surface area (Å²) in [6.07, 6.45) is 0. The molecule has 4 aromatic carbocycles. The second-order valence-electron chi connectivity index (χ2n) is 6.48. The third-order valence-corrected chi connectivity index (χ3v) is 4.63. The highest BCUT2D eigenvalue weighted by Gasteiger charge is 2.17. The molecule has 1 amide bonds. The highest BCUT2D eigenvalue weighted by Crippen LogP contribution is 2.29. The molecule has 0 aromatic heterocycles. The average molecular weight is 380 g/mol. The van der Waals surface area contributed by atoms with Gasteiger partial charge in [0.2, 0.25) is 0 Å². The van der Waals surface area contributed by atoms with Gasteiger partial charge in [0.05, 0.1) is 16.8 Å². The number of hydrogen-bond acceptors (Lipinski definition) is 4. The van der Waals surface area contributed by atoms with Gasteiger partial charge in [-0.2, -0.15) is 5.26 Å². The van der Waals surface area contributed by atoms with Crippen LogP contribution in [0.15, 0.2) is 78.9 Å². The standard InChI is InChI=1S/C24H16N2O3/c25-14-18-9-3-6-12-21(18)26-22(27)15-29-24(28)23-19-10-4-1-7-16(19)13-17-8-2-5-11-20(17)23/h1-13H,15H2,(H,26,27). The smallest absolute Gasteiger partial charge is 0.339 e. The number of benzene rings is 4. The van der Waals surface area contributed by atoms with E-state index >= 15 is 0 Å². The van der Waals surface area contributed by atoms with Crippen molar-refractivity contribution in [2.45, 2.75) is 0 Å². The zero-order valence-corrected chi connectivity index (χ0v) is 15.4. The monoisotopic (exact) mass is 380 g/mol. The Hall–Kier alpha value is -4.17. The largest absolute Gasteiger partial charge is 0.452 e. The Labute approximate surface area is 167 Å². The number of nitriles is 1. The number of anilines is 1. The minimum atomic E-state index is -0.568. The van der Waals surface area contributed by atoms with Crippen molar-refractivity contribution in [3.05, 3.63) is 90.0 Å². The average Bonchev–Trinajstić information content (AvgIpc) is 2.76. The van der Waals surface area contributed by atoms with E-state index in [1.54, 1.807) is 24.3 Å². The molecule has 0 aliphatic carbocycles. The summed E-state index contributed by atoms with van der Waals surface area (Å²) < 4.78 is 5.32. The number of esters is 1. The molecule has 0 saturated heterocycles. The molecular formula is C24H16N2O3. The van der Waals surface area contributed by atoms with Crippen LogP contribution in [0.4, 0.5) is 5.69 Å². The second-order valence-corrected chi connectivity index (χ2v) is 6.48. The predicted molar refractivity (Wildman–Crippen MR) is 112 cm³/mol. The molecule has 0 unspecified atom stereocenters. The summed E-state index contributed by atoms with van der Waals surface area (Å²) in [5.74, 6) is -1.08. The van der Waals surface area contributed by atoms with E-state index in [2.05, 4.69) is 5.32 Å². The number of para-hydroxylation sites is 1. The fraction of sp³-hybridized carbons (Fsp3) is 0.0417. The summed E-state index contributed by atoms with van der Waals surface area (Å²) in [6, 6.07) is 25.8. The minimum absolute atomic E-state index is 0.340. The third-order valence-electron chi connectivity index (χ3n) is 4.63. The molecule has 0 spiro atoms. The van der Waals surface area contributed by atoms with Gasteiger partial charge in [-0.3, -0.25) is 4.79 Å². The van der Waals surface area contributed by atoms with Crippen molar-refractivity contribution in [2.75, 3.05) is 11.9 Å². The van der Waals surface area contributed by atoms with Crippen LogP contribution < -0.4 is 5.32 Å². The fourth-order valence-corrected chi connectivity index (χ4v) is 3.31. The number of carbonyl (C=O) groups is 2. The topological polar surface area (TPSA) is 79.2 Å². The summed E-state index contributed by atoms with van der Waals surface area (Å²) >= 11 is 0. The third kappa shape index (κ3) is 3.64. The van der Waals surface area contributed by atoms with Crippen LogP contribution in [0.25, 0.3) is 21.5 Å². The van der Waals surface area contributed by atoms with Crippen molar-refractivity contribution >= 4 is 39.1 Å². The van der Waals surface area contributed by atoms with E-state index in [0.717, 1.165) is 21.5 Å². The lowest BCUT2D eigenvalue weighted by Gasteiger charge is -2.12. The van der Waals surface area contributed by atoms with Gasteiger partial charge < -0.3 is 10.1 Å². The number of hydrogen-bond donors (Lipinski definition) is 1. The molecule has 4 aromatic rings. The highest BCUT2D eigenvalue weighted by molar-refractivity contribution is 6.16. The first-order chi connectivity index (χ1) is 14.2. The first-order valence-electron chi connectivity index (χ1n) is 9.04. The van der Waals surface area contributed by atoms with Gasteiger partial charge in [0.25, 0.3) is 5.91 Å². The molecule has 0 fully saturated rings. The van der Waals surface area contributed by atoms with Crippen molar-refractivity contribution in [1.82, 2.24) is 0 Å². The van der Waals surface area contributed by atoms with Gasteiger partial charge in [0, 0.05) is 0 Å². The number of nitrogens with one attached hydrogen (secondary N) is 1. The number of rotatable bonds is 4. The molecule has 0 radical (unpaired) electrons. The van der Waals surface area contributed by atoms with E-state index in [4.69, 9.17) is 10.00 Å². The maximum Gasteiger partial charge on any atom is 0.339 e. The Bertz CT molecular complexity index is 1230. The molecule has 0 aliphatic rings. The molecule has 0 heterocycles. The Morgan fingerprint density at radius 3 is 2.10 bits per heavy atom. The molecule has 5 nitrogen and oxygen atoms in total. The Kier molecular flexibility index (Phi) is 4.91. The lowest BCUT2D eigenvalue weighted by atomic mass is 9.97. The van der Waals surface area contributed by atoms with Gasteiger partial charge in [-0.1, -0.05) is 60.7 Å². The van der Waals surface area contributed by atoms with Crippen LogP contribution in [-0.4, -0.2) is 18.5 Å². The number of ether oxygens (including phenoxy) is 1. The summed E-state index contributed by atoms with van der Waals surface area (Å²) in [7, 11) is 0.